The van der Waals surface area contributed by atoms with Crippen LogP contribution in [0.25, 0.3) is 0 Å². The maximum atomic E-state index is 13.3. The van der Waals surface area contributed by atoms with Gasteiger partial charge in [-0.3, -0.25) is 0 Å². The van der Waals surface area contributed by atoms with Crippen LogP contribution in [0, 0.1) is 17.3 Å². The van der Waals surface area contributed by atoms with Gasteiger partial charge in [-0.25, -0.2) is 0 Å². The minimum atomic E-state index is -3.03. The Kier molecular flexibility index (Phi) is 2.31. The van der Waals surface area contributed by atoms with Crippen molar-refractivity contribution in [1.82, 2.24) is 0 Å². The van der Waals surface area contributed by atoms with Crippen LogP contribution in [0.2, 0.25) is 0 Å². The number of hydrogen-bond donors (Lipinski definition) is 0. The van der Waals surface area contributed by atoms with Crippen LogP contribution in [-0.4, -0.2) is 16.9 Å². The summed E-state index contributed by atoms with van der Waals surface area (Å²) < 4.78 is 26.6. The Morgan fingerprint density at radius 3 is 2.00 bits per heavy atom. The van der Waals surface area contributed by atoms with E-state index in [1.807, 2.05) is 0 Å². The first kappa shape index (κ1) is 10.0. The quantitative estimate of drug-likeness (QED) is 0.663. The molecular formula is C9H13ClF2S. The molecule has 0 bridgehead atoms. The van der Waals surface area contributed by atoms with Crippen LogP contribution in [0.1, 0.15) is 19.8 Å². The van der Waals surface area contributed by atoms with Crippen molar-refractivity contribution in [2.75, 3.05) is 11.5 Å². The molecule has 0 aromatic rings. The molecule has 1 saturated heterocycles. The average Bonchev–Trinajstić information content (AvgIpc) is 2.59. The Morgan fingerprint density at radius 2 is 1.77 bits per heavy atom. The smallest absolute Gasteiger partial charge is 0.188 e. The predicted molar refractivity (Wildman–Crippen MR) is 52.4 cm³/mol. The third kappa shape index (κ3) is 1.48. The van der Waals surface area contributed by atoms with Crippen molar-refractivity contribution >= 4 is 23.4 Å². The zero-order chi connectivity index (χ0) is 9.69. The highest BCUT2D eigenvalue weighted by molar-refractivity contribution is 8.00. The van der Waals surface area contributed by atoms with Gasteiger partial charge < -0.3 is 0 Å². The van der Waals surface area contributed by atoms with Crippen molar-refractivity contribution in [1.29, 1.82) is 0 Å². The summed E-state index contributed by atoms with van der Waals surface area (Å²) in [6.07, 6.45) is 1.86. The summed E-state index contributed by atoms with van der Waals surface area (Å²) in [7, 11) is 0. The lowest BCUT2D eigenvalue weighted by Gasteiger charge is -2.45. The molecule has 0 radical (unpaired) electrons. The van der Waals surface area contributed by atoms with Gasteiger partial charge in [0.05, 0.1) is 5.41 Å². The van der Waals surface area contributed by atoms with Gasteiger partial charge in [0, 0.05) is 0 Å². The molecule has 76 valence electrons. The Hall–Kier alpha value is 0.500. The molecule has 0 N–H and O–H groups in total. The molecule has 1 aliphatic carbocycles. The van der Waals surface area contributed by atoms with Crippen molar-refractivity contribution in [3.05, 3.63) is 0 Å². The van der Waals surface area contributed by atoms with Gasteiger partial charge in [0.2, 0.25) is 0 Å². The van der Waals surface area contributed by atoms with E-state index in [1.165, 1.54) is 0 Å². The minimum Gasteiger partial charge on any atom is -0.188 e. The van der Waals surface area contributed by atoms with Crippen molar-refractivity contribution in [3.63, 3.8) is 0 Å². The fourth-order valence-corrected chi connectivity index (χ4v) is 3.53. The van der Waals surface area contributed by atoms with Crippen LogP contribution >= 0.6 is 23.4 Å². The monoisotopic (exact) mass is 226 g/mol. The second-order valence-corrected chi connectivity index (χ2v) is 5.84. The molecule has 1 saturated carbocycles. The molecule has 2 fully saturated rings. The zero-order valence-corrected chi connectivity index (χ0v) is 9.10. The van der Waals surface area contributed by atoms with Gasteiger partial charge in [-0.05, 0) is 47.8 Å². The summed E-state index contributed by atoms with van der Waals surface area (Å²) in [5.41, 5.74) is -0.945. The van der Waals surface area contributed by atoms with Crippen LogP contribution in [0.5, 0.6) is 0 Å². The molecule has 1 aliphatic heterocycles. The SMILES string of the molecule is CC(C1CC1)(C1CSC1)C(F)(F)Cl. The molecule has 4 heteroatoms. The van der Waals surface area contributed by atoms with E-state index in [9.17, 15) is 8.78 Å². The van der Waals surface area contributed by atoms with Gasteiger partial charge in [-0.2, -0.15) is 20.5 Å². The van der Waals surface area contributed by atoms with Crippen molar-refractivity contribution in [3.8, 4) is 0 Å². The highest BCUT2D eigenvalue weighted by atomic mass is 35.5. The van der Waals surface area contributed by atoms with E-state index in [4.69, 9.17) is 11.6 Å². The Morgan fingerprint density at radius 1 is 1.23 bits per heavy atom. The highest BCUT2D eigenvalue weighted by Crippen LogP contribution is 2.62. The van der Waals surface area contributed by atoms with Crippen molar-refractivity contribution < 1.29 is 8.78 Å². The maximum absolute atomic E-state index is 13.3. The van der Waals surface area contributed by atoms with Crippen LogP contribution < -0.4 is 0 Å². The highest BCUT2D eigenvalue weighted by Gasteiger charge is 2.62. The number of alkyl halides is 3. The second kappa shape index (κ2) is 2.99. The Balaban J connectivity index is 2.18. The number of thioether (sulfide) groups is 1. The first-order valence-corrected chi connectivity index (χ1v) is 6.14. The fraction of sp³-hybridized carbons (Fsp3) is 1.00. The van der Waals surface area contributed by atoms with Crippen LogP contribution in [0.4, 0.5) is 8.78 Å². The molecule has 0 nitrogen and oxygen atoms in total. The first-order chi connectivity index (χ1) is 5.96. The third-order valence-corrected chi connectivity index (χ3v) is 5.21. The Labute approximate surface area is 86.4 Å². The van der Waals surface area contributed by atoms with Gasteiger partial charge in [0.25, 0.3) is 0 Å². The zero-order valence-electron chi connectivity index (χ0n) is 7.53. The maximum Gasteiger partial charge on any atom is 0.327 e. The Bertz CT molecular complexity index is 208. The first-order valence-electron chi connectivity index (χ1n) is 4.60. The molecule has 13 heavy (non-hydrogen) atoms. The van der Waals surface area contributed by atoms with Crippen molar-refractivity contribution in [2.24, 2.45) is 17.3 Å². The normalized spacial score (nSPS) is 29.5. The number of halogens is 3. The van der Waals surface area contributed by atoms with Crippen LogP contribution in [0.3, 0.4) is 0 Å². The van der Waals surface area contributed by atoms with E-state index in [0.717, 1.165) is 24.3 Å². The van der Waals surface area contributed by atoms with Gasteiger partial charge >= 0.3 is 5.38 Å². The molecule has 0 aromatic heterocycles. The van der Waals surface area contributed by atoms with E-state index in [0.29, 0.717) is 0 Å². The lowest BCUT2D eigenvalue weighted by molar-refractivity contribution is -0.0796. The summed E-state index contributed by atoms with van der Waals surface area (Å²) in [6, 6.07) is 0. The second-order valence-electron chi connectivity index (χ2n) is 4.29. The van der Waals surface area contributed by atoms with Gasteiger partial charge in [-0.1, -0.05) is 6.92 Å². The largest absolute Gasteiger partial charge is 0.327 e. The van der Waals surface area contributed by atoms with Crippen molar-refractivity contribution in [2.45, 2.75) is 25.1 Å². The molecule has 1 heterocycles. The molecular weight excluding hydrogens is 214 g/mol. The van der Waals surface area contributed by atoms with Crippen LogP contribution in [-0.2, 0) is 0 Å². The molecule has 0 spiro atoms. The molecule has 2 rings (SSSR count). The molecule has 0 amide bonds. The third-order valence-electron chi connectivity index (χ3n) is 3.52. The van der Waals surface area contributed by atoms with Crippen LogP contribution in [0.15, 0.2) is 0 Å². The van der Waals surface area contributed by atoms with E-state index >= 15 is 0 Å². The molecule has 0 aromatic carbocycles. The average molecular weight is 227 g/mol. The molecule has 1 unspecified atom stereocenters. The predicted octanol–water partition coefficient (Wildman–Crippen LogP) is 3.60. The lowest BCUT2D eigenvalue weighted by Crippen LogP contribution is -2.48. The fourth-order valence-electron chi connectivity index (χ4n) is 2.06. The summed E-state index contributed by atoms with van der Waals surface area (Å²) in [5.74, 6) is 1.99. The summed E-state index contributed by atoms with van der Waals surface area (Å²) in [4.78, 5) is 0. The lowest BCUT2D eigenvalue weighted by atomic mass is 9.74. The van der Waals surface area contributed by atoms with E-state index in [2.05, 4.69) is 0 Å². The van der Waals surface area contributed by atoms with Gasteiger partial charge in [0.15, 0.2) is 0 Å². The summed E-state index contributed by atoms with van der Waals surface area (Å²) in [5, 5.41) is -3.03. The molecule has 1 atom stereocenters. The van der Waals surface area contributed by atoms with E-state index in [-0.39, 0.29) is 11.8 Å². The standard InChI is InChI=1S/C9H13ClF2S/c1-8(6-2-3-6,9(10,11)12)7-4-13-5-7/h6-7H,2-5H2,1H3. The topological polar surface area (TPSA) is 0 Å². The minimum absolute atomic E-state index is 0.123. The number of hydrogen-bond acceptors (Lipinski definition) is 1. The number of rotatable bonds is 3. The van der Waals surface area contributed by atoms with Gasteiger partial charge in [0.1, 0.15) is 0 Å². The summed E-state index contributed by atoms with van der Waals surface area (Å²) in [6.45, 7) is 1.67. The van der Waals surface area contributed by atoms with E-state index < -0.39 is 10.8 Å². The molecule has 2 aliphatic rings. The summed E-state index contributed by atoms with van der Waals surface area (Å²) >= 11 is 6.98. The van der Waals surface area contributed by atoms with Gasteiger partial charge in [-0.15, -0.1) is 0 Å². The van der Waals surface area contributed by atoms with E-state index in [1.54, 1.807) is 18.7 Å².